The Morgan fingerprint density at radius 1 is 0.733 bits per heavy atom. The van der Waals surface area contributed by atoms with Crippen LogP contribution < -0.4 is 10.6 Å². The van der Waals surface area contributed by atoms with E-state index in [-0.39, 0.29) is 5.91 Å². The standard InChI is InChI=1S/C23H22N6O/c1-13-10-14(2)25-23(24-13)29-19-7-5-6-18(12-19)28-22(30)17-8-9-20-21(11-17)27-16(4)15(3)26-20/h5-12H,1-4H3,(H,28,30)(H,24,25,29). The van der Waals surface area contributed by atoms with Gasteiger partial charge in [0.25, 0.3) is 5.91 Å². The summed E-state index contributed by atoms with van der Waals surface area (Å²) in [5, 5.41) is 6.11. The van der Waals surface area contributed by atoms with E-state index in [1.165, 1.54) is 0 Å². The maximum atomic E-state index is 12.8. The van der Waals surface area contributed by atoms with Crippen molar-refractivity contribution in [1.29, 1.82) is 0 Å². The van der Waals surface area contributed by atoms with Gasteiger partial charge in [0.15, 0.2) is 0 Å². The highest BCUT2D eigenvalue weighted by Gasteiger charge is 2.10. The van der Waals surface area contributed by atoms with E-state index in [0.717, 1.165) is 34.0 Å². The van der Waals surface area contributed by atoms with Gasteiger partial charge in [-0.2, -0.15) is 0 Å². The number of aromatic nitrogens is 4. The fraction of sp³-hybridized carbons (Fsp3) is 0.174. The molecule has 0 spiro atoms. The summed E-state index contributed by atoms with van der Waals surface area (Å²) in [5.41, 5.74) is 6.97. The van der Waals surface area contributed by atoms with Gasteiger partial charge in [-0.25, -0.2) is 19.9 Å². The zero-order valence-corrected chi connectivity index (χ0v) is 17.3. The average molecular weight is 398 g/mol. The van der Waals surface area contributed by atoms with Crippen LogP contribution in [0.1, 0.15) is 33.1 Å². The summed E-state index contributed by atoms with van der Waals surface area (Å²) in [6, 6.07) is 14.7. The second-order valence-corrected chi connectivity index (χ2v) is 7.23. The van der Waals surface area contributed by atoms with Crippen molar-refractivity contribution in [1.82, 2.24) is 19.9 Å². The quantitative estimate of drug-likeness (QED) is 0.520. The van der Waals surface area contributed by atoms with Gasteiger partial charge in [0.05, 0.1) is 22.4 Å². The Hall–Kier alpha value is -3.87. The summed E-state index contributed by atoms with van der Waals surface area (Å²) >= 11 is 0. The van der Waals surface area contributed by atoms with E-state index in [1.807, 2.05) is 64.1 Å². The number of hydrogen-bond donors (Lipinski definition) is 2. The fourth-order valence-corrected chi connectivity index (χ4v) is 3.16. The maximum absolute atomic E-state index is 12.8. The molecule has 2 aromatic carbocycles. The Kier molecular flexibility index (Phi) is 5.10. The molecule has 0 aliphatic carbocycles. The summed E-state index contributed by atoms with van der Waals surface area (Å²) < 4.78 is 0. The monoisotopic (exact) mass is 398 g/mol. The van der Waals surface area contributed by atoms with Gasteiger partial charge in [0, 0.05) is 28.3 Å². The minimum absolute atomic E-state index is 0.211. The van der Waals surface area contributed by atoms with Gasteiger partial charge in [-0.05, 0) is 70.2 Å². The molecule has 7 heteroatoms. The third-order valence-electron chi connectivity index (χ3n) is 4.70. The highest BCUT2D eigenvalue weighted by molar-refractivity contribution is 6.06. The molecule has 4 aromatic rings. The summed E-state index contributed by atoms with van der Waals surface area (Å²) in [6.07, 6.45) is 0. The number of amides is 1. The molecule has 0 atom stereocenters. The Labute approximate surface area is 174 Å². The Morgan fingerprint density at radius 3 is 2.13 bits per heavy atom. The smallest absolute Gasteiger partial charge is 0.255 e. The van der Waals surface area contributed by atoms with Crippen molar-refractivity contribution in [2.75, 3.05) is 10.6 Å². The molecular weight excluding hydrogens is 376 g/mol. The second kappa shape index (κ2) is 7.87. The predicted molar refractivity (Wildman–Crippen MR) is 118 cm³/mol. The molecule has 150 valence electrons. The van der Waals surface area contributed by atoms with Gasteiger partial charge in [-0.1, -0.05) is 6.07 Å². The number of rotatable bonds is 4. The second-order valence-electron chi connectivity index (χ2n) is 7.23. The van der Waals surface area contributed by atoms with Crippen LogP contribution in [0.15, 0.2) is 48.5 Å². The first-order chi connectivity index (χ1) is 14.4. The van der Waals surface area contributed by atoms with E-state index >= 15 is 0 Å². The van der Waals surface area contributed by atoms with Crippen molar-refractivity contribution >= 4 is 34.3 Å². The highest BCUT2D eigenvalue weighted by Crippen LogP contribution is 2.20. The number of hydrogen-bond acceptors (Lipinski definition) is 6. The lowest BCUT2D eigenvalue weighted by Gasteiger charge is -2.10. The van der Waals surface area contributed by atoms with Crippen molar-refractivity contribution in [3.63, 3.8) is 0 Å². The average Bonchev–Trinajstić information content (AvgIpc) is 2.68. The summed E-state index contributed by atoms with van der Waals surface area (Å²) in [6.45, 7) is 7.68. The molecule has 7 nitrogen and oxygen atoms in total. The SMILES string of the molecule is Cc1cc(C)nc(Nc2cccc(NC(=O)c3ccc4nc(C)c(C)nc4c3)c2)n1. The molecule has 2 aromatic heterocycles. The number of carbonyl (C=O) groups is 1. The van der Waals surface area contributed by atoms with Crippen LogP contribution in [0.25, 0.3) is 11.0 Å². The topological polar surface area (TPSA) is 92.7 Å². The Balaban J connectivity index is 1.54. The van der Waals surface area contributed by atoms with Crippen LogP contribution in [0, 0.1) is 27.7 Å². The molecule has 0 unspecified atom stereocenters. The zero-order chi connectivity index (χ0) is 21.3. The van der Waals surface area contributed by atoms with E-state index in [1.54, 1.807) is 12.1 Å². The number of aryl methyl sites for hydroxylation is 4. The summed E-state index contributed by atoms with van der Waals surface area (Å²) in [4.78, 5) is 30.6. The first kappa shape index (κ1) is 19.4. The highest BCUT2D eigenvalue weighted by atomic mass is 16.1. The number of nitrogens with one attached hydrogen (secondary N) is 2. The number of anilines is 3. The van der Waals surface area contributed by atoms with Crippen molar-refractivity contribution in [2.24, 2.45) is 0 Å². The van der Waals surface area contributed by atoms with Gasteiger partial charge in [-0.3, -0.25) is 4.79 Å². The van der Waals surface area contributed by atoms with Gasteiger partial charge >= 0.3 is 0 Å². The third kappa shape index (κ3) is 4.25. The van der Waals surface area contributed by atoms with Gasteiger partial charge < -0.3 is 10.6 Å². The Morgan fingerprint density at radius 2 is 1.40 bits per heavy atom. The Bertz CT molecular complexity index is 1250. The van der Waals surface area contributed by atoms with Crippen LogP contribution in [0.2, 0.25) is 0 Å². The van der Waals surface area contributed by atoms with Crippen LogP contribution in [-0.2, 0) is 0 Å². The molecule has 30 heavy (non-hydrogen) atoms. The molecular formula is C23H22N6O. The van der Waals surface area contributed by atoms with Gasteiger partial charge in [0.1, 0.15) is 0 Å². The summed E-state index contributed by atoms with van der Waals surface area (Å²) in [5.74, 6) is 0.312. The van der Waals surface area contributed by atoms with Crippen LogP contribution in [0.3, 0.4) is 0 Å². The molecule has 0 aliphatic heterocycles. The number of carbonyl (C=O) groups excluding carboxylic acids is 1. The van der Waals surface area contributed by atoms with Gasteiger partial charge in [-0.15, -0.1) is 0 Å². The van der Waals surface area contributed by atoms with E-state index in [4.69, 9.17) is 0 Å². The first-order valence-electron chi connectivity index (χ1n) is 9.63. The molecule has 0 saturated carbocycles. The maximum Gasteiger partial charge on any atom is 0.255 e. The van der Waals surface area contributed by atoms with E-state index < -0.39 is 0 Å². The third-order valence-corrected chi connectivity index (χ3v) is 4.70. The number of fused-ring (bicyclic) bond motifs is 1. The lowest BCUT2D eigenvalue weighted by Crippen LogP contribution is -2.12. The first-order valence-corrected chi connectivity index (χ1v) is 9.63. The number of benzene rings is 2. The molecule has 0 saturated heterocycles. The van der Waals surface area contributed by atoms with Crippen molar-refractivity contribution in [3.05, 3.63) is 76.9 Å². The van der Waals surface area contributed by atoms with E-state index in [2.05, 4.69) is 30.6 Å². The molecule has 4 rings (SSSR count). The zero-order valence-electron chi connectivity index (χ0n) is 17.3. The van der Waals surface area contributed by atoms with Crippen molar-refractivity contribution in [3.8, 4) is 0 Å². The van der Waals surface area contributed by atoms with E-state index in [9.17, 15) is 4.79 Å². The van der Waals surface area contributed by atoms with Crippen LogP contribution in [0.5, 0.6) is 0 Å². The molecule has 0 radical (unpaired) electrons. The van der Waals surface area contributed by atoms with Crippen LogP contribution >= 0.6 is 0 Å². The lowest BCUT2D eigenvalue weighted by molar-refractivity contribution is 0.102. The normalized spacial score (nSPS) is 10.8. The van der Waals surface area contributed by atoms with Crippen LogP contribution in [-0.4, -0.2) is 25.8 Å². The molecule has 0 fully saturated rings. The van der Waals surface area contributed by atoms with Crippen molar-refractivity contribution in [2.45, 2.75) is 27.7 Å². The molecule has 0 bridgehead atoms. The number of nitrogens with zero attached hydrogens (tertiary/aromatic N) is 4. The van der Waals surface area contributed by atoms with E-state index in [0.29, 0.717) is 22.7 Å². The molecule has 1 amide bonds. The summed E-state index contributed by atoms with van der Waals surface area (Å²) in [7, 11) is 0. The minimum atomic E-state index is -0.211. The molecule has 2 heterocycles. The van der Waals surface area contributed by atoms with Gasteiger partial charge in [0.2, 0.25) is 5.95 Å². The van der Waals surface area contributed by atoms with Crippen LogP contribution in [0.4, 0.5) is 17.3 Å². The minimum Gasteiger partial charge on any atom is -0.324 e. The lowest BCUT2D eigenvalue weighted by atomic mass is 10.1. The molecule has 2 N–H and O–H groups in total. The predicted octanol–water partition coefficient (Wildman–Crippen LogP) is 4.65. The molecule has 0 aliphatic rings. The fourth-order valence-electron chi connectivity index (χ4n) is 3.16. The van der Waals surface area contributed by atoms with Crippen molar-refractivity contribution < 1.29 is 4.79 Å². The largest absolute Gasteiger partial charge is 0.324 e.